The maximum Gasteiger partial charge on any atom is 0.127 e. The van der Waals surface area contributed by atoms with Crippen LogP contribution in [0.4, 0.5) is 4.39 Å². The Balaban J connectivity index is 2.10. The van der Waals surface area contributed by atoms with Crippen molar-refractivity contribution in [3.63, 3.8) is 0 Å². The van der Waals surface area contributed by atoms with Crippen LogP contribution in [0, 0.1) is 11.2 Å². The zero-order valence-corrected chi connectivity index (χ0v) is 9.39. The topological polar surface area (TPSA) is 20.2 Å². The van der Waals surface area contributed by atoms with Crippen LogP contribution in [0.1, 0.15) is 25.3 Å². The van der Waals surface area contributed by atoms with Crippen molar-refractivity contribution in [2.24, 2.45) is 5.41 Å². The van der Waals surface area contributed by atoms with E-state index >= 15 is 0 Å². The van der Waals surface area contributed by atoms with Crippen molar-refractivity contribution in [2.45, 2.75) is 32.3 Å². The normalized spacial score (nSPS) is 20.0. The SMILES string of the molecule is CC1(C(O)Cc2ccc(Cl)cc2F)CC1. The van der Waals surface area contributed by atoms with E-state index in [1.165, 1.54) is 6.07 Å². The highest BCUT2D eigenvalue weighted by Crippen LogP contribution is 2.48. The van der Waals surface area contributed by atoms with Crippen molar-refractivity contribution >= 4 is 11.6 Å². The third-order valence-electron chi connectivity index (χ3n) is 3.27. The molecule has 0 aromatic heterocycles. The first kappa shape index (κ1) is 10.9. The van der Waals surface area contributed by atoms with Crippen molar-refractivity contribution in [3.05, 3.63) is 34.6 Å². The lowest BCUT2D eigenvalue weighted by molar-refractivity contribution is 0.102. The molecule has 1 aliphatic rings. The molecule has 1 N–H and O–H groups in total. The summed E-state index contributed by atoms with van der Waals surface area (Å²) in [5.41, 5.74) is 0.548. The largest absolute Gasteiger partial charge is 0.392 e. The van der Waals surface area contributed by atoms with Gasteiger partial charge in [0.1, 0.15) is 5.82 Å². The Kier molecular flexibility index (Phi) is 2.73. The number of benzene rings is 1. The molecule has 0 amide bonds. The second-order valence-corrected chi connectivity index (χ2v) is 5.05. The molecule has 0 aliphatic heterocycles. The summed E-state index contributed by atoms with van der Waals surface area (Å²) in [6.07, 6.45) is 1.99. The van der Waals surface area contributed by atoms with Crippen LogP contribution in [-0.4, -0.2) is 11.2 Å². The third-order valence-corrected chi connectivity index (χ3v) is 3.51. The van der Waals surface area contributed by atoms with Gasteiger partial charge in [-0.05, 0) is 36.0 Å². The highest BCUT2D eigenvalue weighted by Gasteiger charge is 2.44. The summed E-state index contributed by atoms with van der Waals surface area (Å²) in [6, 6.07) is 4.59. The number of aliphatic hydroxyl groups excluding tert-OH is 1. The van der Waals surface area contributed by atoms with Gasteiger partial charge in [-0.3, -0.25) is 0 Å². The molecule has 82 valence electrons. The molecule has 3 heteroatoms. The molecule has 0 spiro atoms. The van der Waals surface area contributed by atoms with E-state index in [1.807, 2.05) is 6.92 Å². The molecule has 2 rings (SSSR count). The van der Waals surface area contributed by atoms with E-state index < -0.39 is 6.10 Å². The van der Waals surface area contributed by atoms with E-state index in [2.05, 4.69) is 0 Å². The highest BCUT2D eigenvalue weighted by atomic mass is 35.5. The molecule has 1 nitrogen and oxygen atoms in total. The molecule has 0 heterocycles. The Labute approximate surface area is 93.9 Å². The van der Waals surface area contributed by atoms with Crippen LogP contribution >= 0.6 is 11.6 Å². The van der Waals surface area contributed by atoms with Crippen LogP contribution < -0.4 is 0 Å². The minimum absolute atomic E-state index is 0.00603. The van der Waals surface area contributed by atoms with Gasteiger partial charge in [0, 0.05) is 11.4 Å². The number of hydrogen-bond acceptors (Lipinski definition) is 1. The summed E-state index contributed by atoms with van der Waals surface area (Å²) in [6.45, 7) is 2.03. The summed E-state index contributed by atoms with van der Waals surface area (Å²) in [4.78, 5) is 0. The van der Waals surface area contributed by atoms with Gasteiger partial charge in [-0.2, -0.15) is 0 Å². The minimum Gasteiger partial charge on any atom is -0.392 e. The Morgan fingerprint density at radius 3 is 2.73 bits per heavy atom. The fraction of sp³-hybridized carbons (Fsp3) is 0.500. The fourth-order valence-electron chi connectivity index (χ4n) is 1.67. The second-order valence-electron chi connectivity index (χ2n) is 4.61. The van der Waals surface area contributed by atoms with Gasteiger partial charge in [0.15, 0.2) is 0 Å². The standard InChI is InChI=1S/C12H14ClFO/c1-12(4-5-12)11(15)6-8-2-3-9(13)7-10(8)14/h2-3,7,11,15H,4-6H2,1H3. The summed E-state index contributed by atoms with van der Waals surface area (Å²) < 4.78 is 13.4. The first-order valence-corrected chi connectivity index (χ1v) is 5.51. The second kappa shape index (κ2) is 3.76. The number of halogens is 2. The molecule has 1 unspecified atom stereocenters. The molecule has 1 fully saturated rings. The van der Waals surface area contributed by atoms with Crippen LogP contribution in [0.2, 0.25) is 5.02 Å². The Morgan fingerprint density at radius 2 is 2.20 bits per heavy atom. The van der Waals surface area contributed by atoms with Gasteiger partial charge in [0.25, 0.3) is 0 Å². The maximum atomic E-state index is 13.4. The average Bonchev–Trinajstić information content (AvgIpc) is 2.90. The molecule has 0 radical (unpaired) electrons. The fourth-order valence-corrected chi connectivity index (χ4v) is 1.83. The highest BCUT2D eigenvalue weighted by molar-refractivity contribution is 6.30. The molecule has 1 aromatic carbocycles. The van der Waals surface area contributed by atoms with E-state index in [4.69, 9.17) is 11.6 Å². The zero-order chi connectivity index (χ0) is 11.1. The lowest BCUT2D eigenvalue weighted by atomic mass is 9.95. The molecular formula is C12H14ClFO. The van der Waals surface area contributed by atoms with E-state index in [0.717, 1.165) is 12.8 Å². The van der Waals surface area contributed by atoms with E-state index in [0.29, 0.717) is 17.0 Å². The summed E-state index contributed by atoms with van der Waals surface area (Å²) in [5.74, 6) is -0.328. The van der Waals surface area contributed by atoms with Gasteiger partial charge in [-0.25, -0.2) is 4.39 Å². The molecule has 0 bridgehead atoms. The zero-order valence-electron chi connectivity index (χ0n) is 8.63. The molecular weight excluding hydrogens is 215 g/mol. The summed E-state index contributed by atoms with van der Waals surface area (Å²) in [5, 5.41) is 10.3. The van der Waals surface area contributed by atoms with Crippen molar-refractivity contribution in [3.8, 4) is 0 Å². The quantitative estimate of drug-likeness (QED) is 0.843. The van der Waals surface area contributed by atoms with Gasteiger partial charge in [0.2, 0.25) is 0 Å². The third kappa shape index (κ3) is 2.32. The molecule has 1 aromatic rings. The predicted molar refractivity (Wildman–Crippen MR) is 58.5 cm³/mol. The van der Waals surface area contributed by atoms with Crippen molar-refractivity contribution in [2.75, 3.05) is 0 Å². The Morgan fingerprint density at radius 1 is 1.53 bits per heavy atom. The van der Waals surface area contributed by atoms with Gasteiger partial charge in [-0.1, -0.05) is 24.6 Å². The number of hydrogen-bond donors (Lipinski definition) is 1. The van der Waals surface area contributed by atoms with E-state index in [-0.39, 0.29) is 11.2 Å². The van der Waals surface area contributed by atoms with Crippen LogP contribution in [0.5, 0.6) is 0 Å². The molecule has 0 saturated heterocycles. The number of rotatable bonds is 3. The van der Waals surface area contributed by atoms with Crippen LogP contribution in [0.25, 0.3) is 0 Å². The van der Waals surface area contributed by atoms with Crippen LogP contribution in [0.3, 0.4) is 0 Å². The monoisotopic (exact) mass is 228 g/mol. The van der Waals surface area contributed by atoms with E-state index in [1.54, 1.807) is 12.1 Å². The first-order chi connectivity index (χ1) is 7.01. The molecule has 1 saturated carbocycles. The predicted octanol–water partition coefficient (Wildman–Crippen LogP) is 3.18. The lowest BCUT2D eigenvalue weighted by Crippen LogP contribution is -2.21. The van der Waals surface area contributed by atoms with Crippen molar-refractivity contribution < 1.29 is 9.50 Å². The first-order valence-electron chi connectivity index (χ1n) is 5.13. The molecule has 1 aliphatic carbocycles. The van der Waals surface area contributed by atoms with Crippen molar-refractivity contribution in [1.82, 2.24) is 0 Å². The Bertz CT molecular complexity index is 374. The minimum atomic E-state index is -0.451. The summed E-state index contributed by atoms with van der Waals surface area (Å²) >= 11 is 5.65. The van der Waals surface area contributed by atoms with Gasteiger partial charge < -0.3 is 5.11 Å². The smallest absolute Gasteiger partial charge is 0.127 e. The molecule has 1 atom stereocenters. The summed E-state index contributed by atoms with van der Waals surface area (Å²) in [7, 11) is 0. The lowest BCUT2D eigenvalue weighted by Gasteiger charge is -2.17. The Hall–Kier alpha value is -0.600. The van der Waals surface area contributed by atoms with Crippen LogP contribution in [0.15, 0.2) is 18.2 Å². The van der Waals surface area contributed by atoms with Gasteiger partial charge in [-0.15, -0.1) is 0 Å². The number of aliphatic hydroxyl groups is 1. The van der Waals surface area contributed by atoms with Gasteiger partial charge in [0.05, 0.1) is 6.10 Å². The van der Waals surface area contributed by atoms with Gasteiger partial charge >= 0.3 is 0 Å². The van der Waals surface area contributed by atoms with Crippen molar-refractivity contribution in [1.29, 1.82) is 0 Å². The maximum absolute atomic E-state index is 13.4. The molecule has 15 heavy (non-hydrogen) atoms. The van der Waals surface area contributed by atoms with E-state index in [9.17, 15) is 9.50 Å². The van der Waals surface area contributed by atoms with Crippen LogP contribution in [-0.2, 0) is 6.42 Å². The average molecular weight is 229 g/mol.